The predicted molar refractivity (Wildman–Crippen MR) is 120 cm³/mol. The molecule has 0 aliphatic rings. The lowest BCUT2D eigenvalue weighted by molar-refractivity contribution is -0.387. The zero-order valence-corrected chi connectivity index (χ0v) is 18.9. The lowest BCUT2D eigenvalue weighted by Crippen LogP contribution is -2.18. The molecule has 3 N–H and O–H groups in total. The maximum atomic E-state index is 14.0. The first-order chi connectivity index (χ1) is 15.4. The lowest BCUT2D eigenvalue weighted by Gasteiger charge is -2.23. The molecule has 3 rings (SSSR count). The Labute approximate surface area is 196 Å². The van der Waals surface area contributed by atoms with Crippen molar-refractivity contribution in [2.24, 2.45) is 0 Å². The van der Waals surface area contributed by atoms with Crippen molar-refractivity contribution >= 4 is 52.0 Å². The van der Waals surface area contributed by atoms with Crippen LogP contribution >= 0.6 is 23.2 Å². The van der Waals surface area contributed by atoms with Gasteiger partial charge in [-0.05, 0) is 26.0 Å². The summed E-state index contributed by atoms with van der Waals surface area (Å²) in [6, 6.07) is 4.14. The molecule has 13 heteroatoms. The van der Waals surface area contributed by atoms with Crippen molar-refractivity contribution in [1.82, 2.24) is 9.97 Å². The number of methoxy groups -OCH3 is 1. The number of anilines is 4. The average molecular weight is 500 g/mol. The van der Waals surface area contributed by atoms with Crippen LogP contribution in [-0.2, 0) is 5.60 Å². The minimum absolute atomic E-state index is 0.0270. The Kier molecular flexibility index (Phi) is 6.86. The minimum atomic E-state index is -1.44. The number of nitrogens with one attached hydrogen (secondary N) is 2. The van der Waals surface area contributed by atoms with Crippen molar-refractivity contribution in [2.45, 2.75) is 19.4 Å². The second kappa shape index (κ2) is 9.30. The van der Waals surface area contributed by atoms with Crippen LogP contribution < -0.4 is 15.4 Å². The summed E-state index contributed by atoms with van der Waals surface area (Å²) in [4.78, 5) is 18.4. The Hall–Kier alpha value is -3.28. The van der Waals surface area contributed by atoms with E-state index in [1.807, 2.05) is 0 Å². The van der Waals surface area contributed by atoms with E-state index in [9.17, 15) is 24.0 Å². The fraction of sp³-hybridized carbons (Fsp3) is 0.200. The normalized spacial score (nSPS) is 11.3. The van der Waals surface area contributed by atoms with E-state index in [2.05, 4.69) is 20.6 Å². The smallest absolute Gasteiger partial charge is 0.307 e. The molecule has 3 aromatic rings. The van der Waals surface area contributed by atoms with E-state index in [1.165, 1.54) is 33.2 Å². The van der Waals surface area contributed by atoms with Gasteiger partial charge in [0.25, 0.3) is 0 Å². The maximum Gasteiger partial charge on any atom is 0.307 e. The lowest BCUT2D eigenvalue weighted by atomic mass is 9.96. The minimum Gasteiger partial charge on any atom is -0.494 e. The summed E-state index contributed by atoms with van der Waals surface area (Å²) in [5, 5.41) is 26.9. The van der Waals surface area contributed by atoms with Gasteiger partial charge in [-0.25, -0.2) is 9.37 Å². The van der Waals surface area contributed by atoms with Gasteiger partial charge in [-0.1, -0.05) is 23.2 Å². The summed E-state index contributed by atoms with van der Waals surface area (Å²) in [6.07, 6.45) is 1.23. The molecule has 0 aliphatic carbocycles. The third kappa shape index (κ3) is 5.38. The number of benzene rings is 2. The Morgan fingerprint density at radius 3 is 2.39 bits per heavy atom. The van der Waals surface area contributed by atoms with Gasteiger partial charge in [0.2, 0.25) is 11.8 Å². The third-order valence-electron chi connectivity index (χ3n) is 4.43. The summed E-state index contributed by atoms with van der Waals surface area (Å²) in [5.41, 5.74) is -1.77. The Morgan fingerprint density at radius 1 is 1.09 bits per heavy atom. The van der Waals surface area contributed by atoms with Gasteiger partial charge >= 0.3 is 5.69 Å². The first-order valence-electron chi connectivity index (χ1n) is 9.21. The van der Waals surface area contributed by atoms with E-state index < -0.39 is 27.8 Å². The number of nitro groups is 1. The van der Waals surface area contributed by atoms with Gasteiger partial charge in [-0.2, -0.15) is 9.37 Å². The van der Waals surface area contributed by atoms with Crippen LogP contribution in [0.3, 0.4) is 0 Å². The molecule has 0 saturated carbocycles. The molecule has 2 aromatic carbocycles. The highest BCUT2D eigenvalue weighted by Crippen LogP contribution is 2.36. The molecule has 0 amide bonds. The Morgan fingerprint density at radius 2 is 1.79 bits per heavy atom. The van der Waals surface area contributed by atoms with Crippen molar-refractivity contribution in [1.29, 1.82) is 0 Å². The maximum absolute atomic E-state index is 14.0. The monoisotopic (exact) mass is 499 g/mol. The Balaban J connectivity index is 2.01. The van der Waals surface area contributed by atoms with Gasteiger partial charge in [-0.15, -0.1) is 0 Å². The van der Waals surface area contributed by atoms with Crippen LogP contribution in [0.4, 0.5) is 37.6 Å². The fourth-order valence-electron chi connectivity index (χ4n) is 2.87. The quantitative estimate of drug-likeness (QED) is 0.279. The Bertz CT molecular complexity index is 1240. The van der Waals surface area contributed by atoms with Crippen molar-refractivity contribution in [3.05, 3.63) is 67.8 Å². The van der Waals surface area contributed by atoms with Gasteiger partial charge in [0.1, 0.15) is 16.6 Å². The van der Waals surface area contributed by atoms with Crippen LogP contribution in [0.2, 0.25) is 10.0 Å². The molecular weight excluding hydrogens is 483 g/mol. The fourth-order valence-corrected chi connectivity index (χ4v) is 3.17. The number of hydrogen-bond donors (Lipinski definition) is 3. The highest BCUT2D eigenvalue weighted by atomic mass is 35.5. The zero-order chi connectivity index (χ0) is 24.5. The molecule has 0 unspecified atom stereocenters. The molecule has 0 spiro atoms. The summed E-state index contributed by atoms with van der Waals surface area (Å²) in [5.74, 6) is -1.84. The second-order valence-electron chi connectivity index (χ2n) is 7.27. The van der Waals surface area contributed by atoms with Crippen LogP contribution in [0.5, 0.6) is 5.75 Å². The van der Waals surface area contributed by atoms with E-state index in [0.717, 1.165) is 18.2 Å². The largest absolute Gasteiger partial charge is 0.494 e. The van der Waals surface area contributed by atoms with Gasteiger partial charge < -0.3 is 20.5 Å². The third-order valence-corrected chi connectivity index (χ3v) is 5.00. The predicted octanol–water partition coefficient (Wildman–Crippen LogP) is 5.69. The number of rotatable bonds is 7. The van der Waals surface area contributed by atoms with Crippen molar-refractivity contribution in [3.8, 4) is 5.75 Å². The zero-order valence-electron chi connectivity index (χ0n) is 17.4. The summed E-state index contributed by atoms with van der Waals surface area (Å²) in [7, 11) is 1.26. The molecular formula is C20H17Cl2F2N5O4. The van der Waals surface area contributed by atoms with Crippen molar-refractivity contribution < 1.29 is 23.5 Å². The molecule has 33 heavy (non-hydrogen) atoms. The van der Waals surface area contributed by atoms with Crippen LogP contribution in [0.25, 0.3) is 0 Å². The van der Waals surface area contributed by atoms with Crippen LogP contribution in [0, 0.1) is 21.7 Å². The van der Waals surface area contributed by atoms with Crippen molar-refractivity contribution in [2.75, 3.05) is 17.7 Å². The molecule has 0 fully saturated rings. The van der Waals surface area contributed by atoms with E-state index in [0.29, 0.717) is 0 Å². The summed E-state index contributed by atoms with van der Waals surface area (Å²) >= 11 is 12.1. The van der Waals surface area contributed by atoms with Crippen LogP contribution in [0.15, 0.2) is 30.5 Å². The molecule has 0 bridgehead atoms. The molecule has 1 heterocycles. The van der Waals surface area contributed by atoms with E-state index >= 15 is 0 Å². The SMILES string of the molecule is COc1cc(F)c([N+](=O)[O-])cc1Nc1ncc(Cl)c(Nc2cc(Cl)c(F)cc2C(C)(C)O)n1. The van der Waals surface area contributed by atoms with Gasteiger partial charge in [0.15, 0.2) is 5.82 Å². The number of nitrogens with zero attached hydrogens (tertiary/aromatic N) is 3. The molecule has 9 nitrogen and oxygen atoms in total. The molecule has 0 atom stereocenters. The number of ether oxygens (including phenoxy) is 1. The number of halogens is 4. The number of aromatic nitrogens is 2. The highest BCUT2D eigenvalue weighted by molar-refractivity contribution is 6.33. The number of nitro benzene ring substituents is 1. The molecule has 1 aromatic heterocycles. The van der Waals surface area contributed by atoms with E-state index in [1.54, 1.807) is 0 Å². The molecule has 0 radical (unpaired) electrons. The van der Waals surface area contributed by atoms with Crippen molar-refractivity contribution in [3.63, 3.8) is 0 Å². The molecule has 0 saturated heterocycles. The van der Waals surface area contributed by atoms with Crippen LogP contribution in [0.1, 0.15) is 19.4 Å². The molecule has 0 aliphatic heterocycles. The average Bonchev–Trinajstić information content (AvgIpc) is 2.72. The van der Waals surface area contributed by atoms with Gasteiger partial charge in [-0.3, -0.25) is 10.1 Å². The first-order valence-corrected chi connectivity index (χ1v) is 9.96. The summed E-state index contributed by atoms with van der Waals surface area (Å²) in [6.45, 7) is 2.92. The van der Waals surface area contributed by atoms with Gasteiger partial charge in [0, 0.05) is 23.4 Å². The van der Waals surface area contributed by atoms with E-state index in [-0.39, 0.29) is 44.5 Å². The standard InChI is InChI=1S/C20H17Cl2F2N5O4/c1-20(2,30)9-4-12(23)10(21)5-14(9)26-18-11(22)8-25-19(28-18)27-15-7-16(29(31)32)13(24)6-17(15)33-3/h4-8,30H,1-3H3,(H2,25,26,27,28). The first kappa shape index (κ1) is 24.4. The van der Waals surface area contributed by atoms with Crippen LogP contribution in [-0.4, -0.2) is 27.1 Å². The van der Waals surface area contributed by atoms with Gasteiger partial charge in [0.05, 0.1) is 34.5 Å². The topological polar surface area (TPSA) is 122 Å². The number of aliphatic hydroxyl groups is 1. The highest BCUT2D eigenvalue weighted by Gasteiger charge is 2.24. The molecule has 174 valence electrons. The number of hydrogen-bond acceptors (Lipinski definition) is 8. The summed E-state index contributed by atoms with van der Waals surface area (Å²) < 4.78 is 32.9. The second-order valence-corrected chi connectivity index (χ2v) is 8.09. The van der Waals surface area contributed by atoms with E-state index in [4.69, 9.17) is 27.9 Å².